The van der Waals surface area contributed by atoms with Crippen LogP contribution in [0.4, 0.5) is 5.69 Å². The summed E-state index contributed by atoms with van der Waals surface area (Å²) in [7, 11) is 0. The molecule has 1 fully saturated rings. The van der Waals surface area contributed by atoms with Crippen LogP contribution in [0, 0.1) is 5.92 Å². The molecule has 0 radical (unpaired) electrons. The molecule has 2 atom stereocenters. The highest BCUT2D eigenvalue weighted by molar-refractivity contribution is 5.90. The summed E-state index contributed by atoms with van der Waals surface area (Å²) in [5.41, 5.74) is 2.00. The van der Waals surface area contributed by atoms with Gasteiger partial charge in [-0.3, -0.25) is 9.20 Å². The third-order valence-corrected chi connectivity index (χ3v) is 5.79. The fraction of sp³-hybridized carbons (Fsp3) is 0.292. The lowest BCUT2D eigenvalue weighted by Gasteiger charge is -2.07. The summed E-state index contributed by atoms with van der Waals surface area (Å²) in [6.07, 6.45) is 3.81. The number of pyridine rings is 1. The highest BCUT2D eigenvalue weighted by Gasteiger charge is 2.36. The van der Waals surface area contributed by atoms with E-state index in [0.717, 1.165) is 17.1 Å². The predicted molar refractivity (Wildman–Crippen MR) is 117 cm³/mol. The normalized spacial score (nSPS) is 17.7. The number of aryl methyl sites for hydroxylation is 1. The molecule has 1 aliphatic carbocycles. The molecule has 5 rings (SSSR count). The van der Waals surface area contributed by atoms with E-state index < -0.39 is 0 Å². The zero-order valence-corrected chi connectivity index (χ0v) is 17.3. The molecule has 4 aromatic rings. The van der Waals surface area contributed by atoms with Gasteiger partial charge < -0.3 is 9.73 Å². The lowest BCUT2D eigenvalue weighted by molar-refractivity contribution is -0.116. The minimum Gasteiger partial charge on any atom is -0.466 e. The molecular formula is C24H24N4O3. The molecule has 1 N–H and O–H groups in total. The van der Waals surface area contributed by atoms with Gasteiger partial charge in [0, 0.05) is 30.6 Å². The zero-order chi connectivity index (χ0) is 21.4. The second-order valence-corrected chi connectivity index (χ2v) is 8.24. The highest BCUT2D eigenvalue weighted by Crippen LogP contribution is 2.47. The Labute approximate surface area is 179 Å². The van der Waals surface area contributed by atoms with E-state index in [4.69, 9.17) is 4.42 Å². The smallest absolute Gasteiger partial charge is 0.350 e. The third-order valence-electron chi connectivity index (χ3n) is 5.79. The Kier molecular flexibility index (Phi) is 4.94. The molecule has 1 saturated carbocycles. The van der Waals surface area contributed by atoms with Gasteiger partial charge in [-0.2, -0.15) is 0 Å². The fourth-order valence-corrected chi connectivity index (χ4v) is 3.90. The Hall–Kier alpha value is -3.61. The van der Waals surface area contributed by atoms with E-state index in [1.54, 1.807) is 18.3 Å². The van der Waals surface area contributed by atoms with Crippen molar-refractivity contribution < 1.29 is 9.21 Å². The quantitative estimate of drug-likeness (QED) is 0.496. The molecule has 7 heteroatoms. The second kappa shape index (κ2) is 7.91. The first-order chi connectivity index (χ1) is 15.1. The highest BCUT2D eigenvalue weighted by atomic mass is 16.3. The lowest BCUT2D eigenvalue weighted by atomic mass is 10.2. The van der Waals surface area contributed by atoms with Crippen molar-refractivity contribution in [3.63, 3.8) is 0 Å². The largest absolute Gasteiger partial charge is 0.466 e. The van der Waals surface area contributed by atoms with Crippen LogP contribution in [0.2, 0.25) is 0 Å². The third kappa shape index (κ3) is 4.17. The first-order valence-electron chi connectivity index (χ1n) is 10.6. The monoisotopic (exact) mass is 416 g/mol. The molecule has 0 spiro atoms. The van der Waals surface area contributed by atoms with Gasteiger partial charge in [-0.25, -0.2) is 9.48 Å². The Morgan fingerprint density at radius 1 is 1.19 bits per heavy atom. The summed E-state index contributed by atoms with van der Waals surface area (Å²) in [5.74, 6) is 3.07. The van der Waals surface area contributed by atoms with Gasteiger partial charge >= 0.3 is 5.69 Å². The Morgan fingerprint density at radius 3 is 2.87 bits per heavy atom. The molecule has 1 amide bonds. The maximum absolute atomic E-state index is 12.5. The number of carbonyl (C=O) groups is 1. The van der Waals surface area contributed by atoms with Crippen LogP contribution in [0.3, 0.4) is 0 Å². The number of carbonyl (C=O) groups excluding carboxylic acids is 1. The molecule has 31 heavy (non-hydrogen) atoms. The van der Waals surface area contributed by atoms with Crippen LogP contribution in [0.15, 0.2) is 70.0 Å². The number of fused-ring (bicyclic) bond motifs is 1. The number of nitrogens with one attached hydrogen (secondary N) is 1. The van der Waals surface area contributed by atoms with Gasteiger partial charge in [-0.15, -0.1) is 5.10 Å². The minimum atomic E-state index is -0.191. The van der Waals surface area contributed by atoms with Crippen molar-refractivity contribution in [3.05, 3.63) is 88.4 Å². The number of amides is 1. The van der Waals surface area contributed by atoms with Crippen LogP contribution < -0.4 is 11.0 Å². The van der Waals surface area contributed by atoms with Gasteiger partial charge in [0.1, 0.15) is 11.5 Å². The first-order valence-corrected chi connectivity index (χ1v) is 10.6. The Morgan fingerprint density at radius 2 is 2.06 bits per heavy atom. The Balaban J connectivity index is 1.20. The van der Waals surface area contributed by atoms with Crippen molar-refractivity contribution >= 4 is 17.2 Å². The van der Waals surface area contributed by atoms with Crippen molar-refractivity contribution in [1.29, 1.82) is 0 Å². The molecular weight excluding hydrogens is 392 g/mol. The van der Waals surface area contributed by atoms with E-state index in [1.165, 1.54) is 15.5 Å². The minimum absolute atomic E-state index is 0.0696. The van der Waals surface area contributed by atoms with E-state index >= 15 is 0 Å². The fourth-order valence-electron chi connectivity index (χ4n) is 3.90. The maximum atomic E-state index is 12.5. The second-order valence-electron chi connectivity index (χ2n) is 8.24. The van der Waals surface area contributed by atoms with Crippen molar-refractivity contribution in [2.45, 2.75) is 38.6 Å². The first kappa shape index (κ1) is 19.4. The van der Waals surface area contributed by atoms with E-state index in [1.807, 2.05) is 42.5 Å². The number of rotatable bonds is 7. The lowest BCUT2D eigenvalue weighted by Crippen LogP contribution is -2.21. The SMILES string of the molecule is CC1CC1c1ccc(CCC(=O)Nc2cccc(Cn3nc4ccccn4c3=O)c2)o1. The molecule has 7 nitrogen and oxygen atoms in total. The molecule has 158 valence electrons. The number of benzene rings is 1. The molecule has 3 aromatic heterocycles. The van der Waals surface area contributed by atoms with Gasteiger partial charge in [0.05, 0.1) is 6.54 Å². The van der Waals surface area contributed by atoms with Crippen LogP contribution >= 0.6 is 0 Å². The van der Waals surface area contributed by atoms with Gasteiger partial charge in [0.2, 0.25) is 5.91 Å². The van der Waals surface area contributed by atoms with Crippen LogP contribution in [-0.4, -0.2) is 20.1 Å². The van der Waals surface area contributed by atoms with Crippen molar-refractivity contribution in [3.8, 4) is 0 Å². The van der Waals surface area contributed by atoms with Crippen molar-refractivity contribution in [2.24, 2.45) is 5.92 Å². The van der Waals surface area contributed by atoms with Gasteiger partial charge in [-0.05, 0) is 54.3 Å². The van der Waals surface area contributed by atoms with E-state index in [0.29, 0.717) is 42.6 Å². The van der Waals surface area contributed by atoms with Gasteiger partial charge in [0.15, 0.2) is 5.65 Å². The molecule has 0 bridgehead atoms. The Bertz CT molecular complexity index is 1300. The van der Waals surface area contributed by atoms with E-state index in [2.05, 4.69) is 17.3 Å². The van der Waals surface area contributed by atoms with Crippen molar-refractivity contribution in [2.75, 3.05) is 5.32 Å². The number of hydrogen-bond donors (Lipinski definition) is 1. The summed E-state index contributed by atoms with van der Waals surface area (Å²) < 4.78 is 8.81. The average Bonchev–Trinajstić information content (AvgIpc) is 3.18. The van der Waals surface area contributed by atoms with Gasteiger partial charge in [0.25, 0.3) is 0 Å². The number of furan rings is 1. The maximum Gasteiger partial charge on any atom is 0.350 e. The standard InChI is InChI=1S/C24H24N4O3/c1-16-13-20(16)21-10-8-19(31-21)9-11-23(29)25-18-6-4-5-17(14-18)15-28-24(30)27-12-3-2-7-22(27)26-28/h2-8,10,12,14,16,20H,9,11,13,15H2,1H3,(H,25,29). The van der Waals surface area contributed by atoms with Crippen LogP contribution in [0.25, 0.3) is 5.65 Å². The predicted octanol–water partition coefficient (Wildman–Crippen LogP) is 3.83. The summed E-state index contributed by atoms with van der Waals surface area (Å²) in [6, 6.07) is 16.9. The number of aromatic nitrogens is 3. The number of anilines is 1. The molecule has 1 aliphatic rings. The summed E-state index contributed by atoms with van der Waals surface area (Å²) in [5, 5.41) is 7.29. The number of nitrogens with zero attached hydrogens (tertiary/aromatic N) is 3. The summed E-state index contributed by atoms with van der Waals surface area (Å²) >= 11 is 0. The molecule has 0 aliphatic heterocycles. The summed E-state index contributed by atoms with van der Waals surface area (Å²) in [6.45, 7) is 2.55. The van der Waals surface area contributed by atoms with Gasteiger partial charge in [-0.1, -0.05) is 25.1 Å². The molecule has 3 heterocycles. The molecule has 0 saturated heterocycles. The van der Waals surface area contributed by atoms with Crippen LogP contribution in [0.1, 0.15) is 42.8 Å². The van der Waals surface area contributed by atoms with Crippen molar-refractivity contribution in [1.82, 2.24) is 14.2 Å². The zero-order valence-electron chi connectivity index (χ0n) is 17.3. The van der Waals surface area contributed by atoms with E-state index in [9.17, 15) is 9.59 Å². The average molecular weight is 416 g/mol. The topological polar surface area (TPSA) is 81.5 Å². The number of hydrogen-bond acceptors (Lipinski definition) is 4. The van der Waals surface area contributed by atoms with E-state index in [-0.39, 0.29) is 11.6 Å². The summed E-state index contributed by atoms with van der Waals surface area (Å²) in [4.78, 5) is 24.9. The van der Waals surface area contributed by atoms with Crippen LogP contribution in [0.5, 0.6) is 0 Å². The van der Waals surface area contributed by atoms with Crippen LogP contribution in [-0.2, 0) is 17.8 Å². The molecule has 1 aromatic carbocycles. The molecule has 2 unspecified atom stereocenters.